The van der Waals surface area contributed by atoms with E-state index in [1.54, 1.807) is 104 Å². The SMILES string of the molecule is CC1(C)C2=CCNC(=O)C2(c2ccccc2)Cc2cnoc21.[C-]#[N+]C1=C[C@@]2(c3ccccc3)C(=O)N(c3cnn(C)c3)CC=C2C(C)(C)C1=O.[C-]#[N+]C1=C[C@]2(c3ccccc3)C(=O)N(c3cnn(C)c3)CC=C2C(C)(C)C1=O. The smallest absolute Gasteiger partial charge is 0.244 e. The molecule has 3 atom stereocenters. The van der Waals surface area contributed by atoms with E-state index >= 15 is 0 Å². The Morgan fingerprint density at radius 1 is 0.564 bits per heavy atom. The number of aromatic nitrogens is 5. The molecule has 16 heteroatoms. The molecule has 392 valence electrons. The van der Waals surface area contributed by atoms with Crippen LogP contribution < -0.4 is 15.1 Å². The number of hydrogen-bond acceptors (Lipinski definition) is 9. The lowest BCUT2D eigenvalue weighted by Crippen LogP contribution is -2.56. The minimum Gasteiger partial charge on any atom is -0.360 e. The van der Waals surface area contributed by atoms with Crippen LogP contribution in [0.1, 0.15) is 69.6 Å². The van der Waals surface area contributed by atoms with E-state index in [4.69, 9.17) is 17.7 Å². The number of fused-ring (bicyclic) bond motifs is 4. The maximum Gasteiger partial charge on any atom is 0.244 e. The van der Waals surface area contributed by atoms with Crippen molar-refractivity contribution in [1.29, 1.82) is 0 Å². The van der Waals surface area contributed by atoms with Crippen molar-refractivity contribution in [2.24, 2.45) is 24.9 Å². The number of hydrogen-bond donors (Lipinski definition) is 1. The predicted molar refractivity (Wildman–Crippen MR) is 293 cm³/mol. The second-order valence-electron chi connectivity index (χ2n) is 21.9. The van der Waals surface area contributed by atoms with Gasteiger partial charge in [0.25, 0.3) is 0 Å². The highest BCUT2D eigenvalue weighted by Crippen LogP contribution is 2.55. The van der Waals surface area contributed by atoms with Crippen LogP contribution in [0.2, 0.25) is 0 Å². The normalized spacial score (nSPS) is 24.2. The third-order valence-corrected chi connectivity index (χ3v) is 16.4. The molecular formula is C62H58N10O6. The molecule has 6 aliphatic rings. The van der Waals surface area contributed by atoms with Gasteiger partial charge in [-0.1, -0.05) is 154 Å². The largest absolute Gasteiger partial charge is 0.360 e. The molecule has 3 aromatic carbocycles. The zero-order chi connectivity index (χ0) is 55.6. The van der Waals surface area contributed by atoms with Gasteiger partial charge in [-0.2, -0.15) is 10.2 Å². The molecule has 3 aliphatic carbocycles. The molecule has 1 N–H and O–H groups in total. The third kappa shape index (κ3) is 7.84. The highest BCUT2D eigenvalue weighted by Gasteiger charge is 2.59. The summed E-state index contributed by atoms with van der Waals surface area (Å²) in [5, 5.41) is 15.4. The third-order valence-electron chi connectivity index (χ3n) is 16.4. The summed E-state index contributed by atoms with van der Waals surface area (Å²) >= 11 is 0. The number of allylic oxidation sites excluding steroid dienone is 2. The van der Waals surface area contributed by atoms with Gasteiger partial charge in [-0.15, -0.1) is 0 Å². The van der Waals surface area contributed by atoms with Crippen LogP contribution >= 0.6 is 0 Å². The van der Waals surface area contributed by atoms with Crippen LogP contribution in [0.15, 0.2) is 185 Å². The second-order valence-corrected chi connectivity index (χ2v) is 21.9. The Labute approximate surface area is 452 Å². The average molecular weight is 1040 g/mol. The zero-order valence-corrected chi connectivity index (χ0v) is 44.7. The molecule has 6 aromatic rings. The lowest BCUT2D eigenvalue weighted by molar-refractivity contribution is -0.127. The summed E-state index contributed by atoms with van der Waals surface area (Å²) in [7, 11) is 3.59. The van der Waals surface area contributed by atoms with E-state index in [9.17, 15) is 24.0 Å². The fourth-order valence-electron chi connectivity index (χ4n) is 12.6. The van der Waals surface area contributed by atoms with Crippen molar-refractivity contribution in [3.05, 3.63) is 231 Å². The van der Waals surface area contributed by atoms with E-state index in [0.717, 1.165) is 44.7 Å². The van der Waals surface area contributed by atoms with Gasteiger partial charge in [-0.25, -0.2) is 9.69 Å². The first kappa shape index (κ1) is 52.2. The number of aryl methyl sites for hydroxylation is 2. The van der Waals surface area contributed by atoms with Crippen molar-refractivity contribution in [2.45, 2.75) is 69.6 Å². The minimum absolute atomic E-state index is 0.00684. The van der Waals surface area contributed by atoms with E-state index in [-0.39, 0.29) is 46.1 Å². The number of amides is 3. The molecule has 3 aromatic heterocycles. The number of carbonyl (C=O) groups is 5. The molecule has 6 heterocycles. The molecule has 3 amide bonds. The van der Waals surface area contributed by atoms with Gasteiger partial charge in [-0.3, -0.25) is 23.7 Å². The van der Waals surface area contributed by atoms with E-state index in [1.807, 2.05) is 103 Å². The number of anilines is 2. The first-order valence-corrected chi connectivity index (χ1v) is 25.6. The van der Waals surface area contributed by atoms with Gasteiger partial charge < -0.3 is 29.2 Å². The Balaban J connectivity index is 0.000000133. The summed E-state index contributed by atoms with van der Waals surface area (Å²) in [6, 6.07) is 28.8. The summed E-state index contributed by atoms with van der Waals surface area (Å²) in [5.74, 6) is 0.0962. The van der Waals surface area contributed by atoms with Crippen LogP contribution in [0.25, 0.3) is 9.69 Å². The Bertz CT molecular complexity index is 3530. The van der Waals surface area contributed by atoms with E-state index in [2.05, 4.69) is 50.3 Å². The number of ketones is 2. The van der Waals surface area contributed by atoms with Crippen molar-refractivity contribution in [1.82, 2.24) is 30.0 Å². The van der Waals surface area contributed by atoms with Gasteiger partial charge in [0, 0.05) is 67.9 Å². The van der Waals surface area contributed by atoms with Gasteiger partial charge in [0.05, 0.1) is 43.1 Å². The lowest BCUT2D eigenvalue weighted by atomic mass is 9.56. The van der Waals surface area contributed by atoms with Gasteiger partial charge >= 0.3 is 0 Å². The standard InChI is InChI=1S/2C22H20N4O2.C18H18N2O2/c2*1-21(2)18-10-11-26(16-13-24-25(4)14-16)20(28)22(18,12-17(23-3)19(21)27)15-8-6-5-7-9-15;1-17(2)14-8-9-19-16(21)18(14,13-6-4-3-5-7-13)10-12-11-20-22-15(12)17/h2*5-10,12-14H,11H2,1-2,4H3;3-8,11H,9-10H2,1-2H3,(H,19,21)/t2*22-;/m10./s1. The van der Waals surface area contributed by atoms with Crippen LogP contribution in [0.4, 0.5) is 11.4 Å². The Morgan fingerprint density at radius 2 is 1.00 bits per heavy atom. The van der Waals surface area contributed by atoms with E-state index in [0.29, 0.717) is 37.4 Å². The summed E-state index contributed by atoms with van der Waals surface area (Å²) < 4.78 is 8.80. The molecule has 12 rings (SSSR count). The maximum absolute atomic E-state index is 13.9. The van der Waals surface area contributed by atoms with Crippen molar-refractivity contribution in [3.63, 3.8) is 0 Å². The summed E-state index contributed by atoms with van der Waals surface area (Å²) in [5.41, 5.74) is 2.23. The average Bonchev–Trinajstić information content (AvgIpc) is 4.34. The van der Waals surface area contributed by atoms with Gasteiger partial charge in [0.1, 0.15) is 22.0 Å². The highest BCUT2D eigenvalue weighted by atomic mass is 16.5. The molecule has 0 saturated carbocycles. The number of Topliss-reactive ketones (excluding diaryl/α,β-unsaturated/α-hetero) is 2. The first-order chi connectivity index (χ1) is 37.2. The van der Waals surface area contributed by atoms with Crippen molar-refractivity contribution < 1.29 is 28.5 Å². The molecule has 0 saturated heterocycles. The number of rotatable bonds is 5. The highest BCUT2D eigenvalue weighted by molar-refractivity contribution is 6.15. The van der Waals surface area contributed by atoms with Crippen molar-refractivity contribution >= 4 is 40.7 Å². The molecule has 78 heavy (non-hydrogen) atoms. The summed E-state index contributed by atoms with van der Waals surface area (Å²) in [6.45, 7) is 27.7. The molecule has 0 spiro atoms. The van der Waals surface area contributed by atoms with E-state index in [1.165, 1.54) is 0 Å². The summed E-state index contributed by atoms with van der Waals surface area (Å²) in [6.07, 6.45) is 18.4. The van der Waals surface area contributed by atoms with Gasteiger partial charge in [-0.05, 0) is 53.7 Å². The molecule has 3 aliphatic heterocycles. The van der Waals surface area contributed by atoms with E-state index < -0.39 is 27.1 Å². The zero-order valence-electron chi connectivity index (χ0n) is 44.7. The van der Waals surface area contributed by atoms with Crippen molar-refractivity contribution in [3.8, 4) is 0 Å². The maximum atomic E-state index is 13.9. The molecule has 0 fully saturated rings. The Kier molecular flexibility index (Phi) is 12.8. The minimum atomic E-state index is -1.19. The second kappa shape index (κ2) is 19.1. The van der Waals surface area contributed by atoms with Gasteiger partial charge in [0.2, 0.25) is 29.1 Å². The number of nitrogens with zero attached hydrogens (tertiary/aromatic N) is 9. The molecular weight excluding hydrogens is 981 g/mol. The van der Waals surface area contributed by atoms with Crippen LogP contribution in [0, 0.1) is 24.0 Å². The molecule has 0 radical (unpaired) electrons. The van der Waals surface area contributed by atoms with Crippen LogP contribution in [-0.4, -0.2) is 73.6 Å². The Morgan fingerprint density at radius 3 is 1.41 bits per heavy atom. The quantitative estimate of drug-likeness (QED) is 0.131. The van der Waals surface area contributed by atoms with Crippen LogP contribution in [-0.2, 0) is 66.1 Å². The topological polar surface area (TPSA) is 174 Å². The molecule has 0 bridgehead atoms. The first-order valence-electron chi connectivity index (χ1n) is 25.6. The fraction of sp³-hybridized carbons (Fsp3) is 0.290. The fourth-order valence-corrected chi connectivity index (χ4v) is 12.6. The van der Waals surface area contributed by atoms with Crippen LogP contribution in [0.5, 0.6) is 0 Å². The molecule has 1 unspecified atom stereocenters. The number of carbonyl (C=O) groups excluding carboxylic acids is 5. The number of benzene rings is 3. The lowest BCUT2D eigenvalue weighted by Gasteiger charge is -2.48. The monoisotopic (exact) mass is 1040 g/mol. The number of nitrogens with one attached hydrogen (secondary N) is 1. The van der Waals surface area contributed by atoms with Gasteiger partial charge in [0.15, 0.2) is 11.6 Å². The van der Waals surface area contributed by atoms with Crippen LogP contribution in [0.3, 0.4) is 0 Å². The molecule has 16 nitrogen and oxygen atoms in total. The predicted octanol–water partition coefficient (Wildman–Crippen LogP) is 8.59. The summed E-state index contributed by atoms with van der Waals surface area (Å²) in [4.78, 5) is 76.9. The Hall–Kier alpha value is -9.28. The van der Waals surface area contributed by atoms with Crippen molar-refractivity contribution in [2.75, 3.05) is 29.4 Å².